The topological polar surface area (TPSA) is 66.1 Å². The van der Waals surface area contributed by atoms with Crippen molar-refractivity contribution >= 4 is 6.03 Å². The van der Waals surface area contributed by atoms with Crippen molar-refractivity contribution in [2.75, 3.05) is 53.1 Å². The van der Waals surface area contributed by atoms with Crippen molar-refractivity contribution < 1.29 is 14.3 Å². The van der Waals surface area contributed by atoms with Crippen LogP contribution in [0.4, 0.5) is 4.79 Å². The molecule has 0 aliphatic carbocycles. The molecule has 0 unspecified atom stereocenters. The highest BCUT2D eigenvalue weighted by atomic mass is 16.7. The Morgan fingerprint density at radius 1 is 1.08 bits per heavy atom. The van der Waals surface area contributed by atoms with Crippen molar-refractivity contribution in [3.63, 3.8) is 0 Å². The molecule has 1 saturated heterocycles. The lowest BCUT2D eigenvalue weighted by atomic mass is 10.2. The van der Waals surface area contributed by atoms with Gasteiger partial charge in [0.2, 0.25) is 6.79 Å². The molecule has 2 N–H and O–H groups in total. The van der Waals surface area contributed by atoms with Crippen LogP contribution in [0.15, 0.2) is 18.2 Å². The molecule has 0 radical (unpaired) electrons. The van der Waals surface area contributed by atoms with Crippen molar-refractivity contribution in [2.24, 2.45) is 0 Å². The summed E-state index contributed by atoms with van der Waals surface area (Å²) in [4.78, 5) is 16.7. The molecule has 0 spiro atoms. The summed E-state index contributed by atoms with van der Waals surface area (Å²) in [5.74, 6) is 1.50. The zero-order valence-corrected chi connectivity index (χ0v) is 14.9. The second-order valence-electron chi connectivity index (χ2n) is 6.65. The predicted molar refractivity (Wildman–Crippen MR) is 96.0 cm³/mol. The van der Waals surface area contributed by atoms with Crippen molar-refractivity contribution in [1.29, 1.82) is 0 Å². The number of likely N-dealkylation sites (N-methyl/N-ethyl adjacent to an activating group) is 1. The molecule has 1 aromatic rings. The summed E-state index contributed by atoms with van der Waals surface area (Å²) in [7, 11) is 2.17. The minimum Gasteiger partial charge on any atom is -0.454 e. The van der Waals surface area contributed by atoms with Gasteiger partial charge in [-0.25, -0.2) is 4.79 Å². The Balaban J connectivity index is 1.25. The molecule has 2 amide bonds. The summed E-state index contributed by atoms with van der Waals surface area (Å²) in [6, 6.07) is 5.58. The largest absolute Gasteiger partial charge is 0.454 e. The minimum atomic E-state index is -0.128. The second kappa shape index (κ2) is 8.92. The van der Waals surface area contributed by atoms with Crippen molar-refractivity contribution in [2.45, 2.75) is 19.4 Å². The second-order valence-corrected chi connectivity index (χ2v) is 6.65. The molecule has 138 valence electrons. The number of hydrogen-bond acceptors (Lipinski definition) is 5. The van der Waals surface area contributed by atoms with E-state index in [-0.39, 0.29) is 12.8 Å². The van der Waals surface area contributed by atoms with E-state index < -0.39 is 0 Å². The number of nitrogens with zero attached hydrogens (tertiary/aromatic N) is 2. The first-order valence-corrected chi connectivity index (χ1v) is 9.02. The van der Waals surface area contributed by atoms with Crippen LogP contribution in [0.3, 0.4) is 0 Å². The number of hydrogen-bond donors (Lipinski definition) is 2. The number of unbranched alkanes of at least 4 members (excludes halogenated alkanes) is 1. The standard InChI is InChI=1S/C18H28N4O3/c1-21-8-10-22(11-9-21)7-3-2-6-19-18(23)20-13-15-4-5-16-17(12-15)25-14-24-16/h4-5,12H,2-3,6-11,13-14H2,1H3,(H2,19,20,23). The summed E-state index contributed by atoms with van der Waals surface area (Å²) in [5.41, 5.74) is 0.995. The first kappa shape index (κ1) is 17.8. The van der Waals surface area contributed by atoms with Gasteiger partial charge in [0.25, 0.3) is 0 Å². The number of ether oxygens (including phenoxy) is 2. The molecule has 3 rings (SSSR count). The van der Waals surface area contributed by atoms with E-state index in [0.29, 0.717) is 13.1 Å². The number of urea groups is 1. The number of amides is 2. The Morgan fingerprint density at radius 2 is 1.88 bits per heavy atom. The Kier molecular flexibility index (Phi) is 6.36. The normalized spacial score (nSPS) is 17.5. The van der Waals surface area contributed by atoms with Gasteiger partial charge in [-0.3, -0.25) is 0 Å². The molecule has 1 aromatic carbocycles. The van der Waals surface area contributed by atoms with E-state index in [1.807, 2.05) is 18.2 Å². The van der Waals surface area contributed by atoms with Gasteiger partial charge in [0, 0.05) is 39.3 Å². The van der Waals surface area contributed by atoms with E-state index in [1.54, 1.807) is 0 Å². The smallest absolute Gasteiger partial charge is 0.315 e. The third-order valence-corrected chi connectivity index (χ3v) is 4.67. The van der Waals surface area contributed by atoms with Crippen LogP contribution in [0, 0.1) is 0 Å². The molecular formula is C18H28N4O3. The summed E-state index contributed by atoms with van der Waals surface area (Å²) in [6.07, 6.45) is 2.12. The van der Waals surface area contributed by atoms with Gasteiger partial charge >= 0.3 is 6.03 Å². The zero-order chi connectivity index (χ0) is 17.5. The van der Waals surface area contributed by atoms with E-state index in [4.69, 9.17) is 9.47 Å². The van der Waals surface area contributed by atoms with Crippen LogP contribution in [0.25, 0.3) is 0 Å². The third kappa shape index (κ3) is 5.51. The molecule has 25 heavy (non-hydrogen) atoms. The number of nitrogens with one attached hydrogen (secondary N) is 2. The number of fused-ring (bicyclic) bond motifs is 1. The lowest BCUT2D eigenvalue weighted by Crippen LogP contribution is -2.44. The fourth-order valence-corrected chi connectivity index (χ4v) is 3.03. The Bertz CT molecular complexity index is 573. The molecule has 0 bridgehead atoms. The van der Waals surface area contributed by atoms with Gasteiger partial charge < -0.3 is 29.9 Å². The first-order chi connectivity index (χ1) is 12.2. The molecule has 2 aliphatic heterocycles. The van der Waals surface area contributed by atoms with E-state index in [9.17, 15) is 4.79 Å². The van der Waals surface area contributed by atoms with Crippen LogP contribution in [0.5, 0.6) is 11.5 Å². The summed E-state index contributed by atoms with van der Waals surface area (Å²) >= 11 is 0. The maximum atomic E-state index is 11.9. The Labute approximate surface area is 149 Å². The van der Waals surface area contributed by atoms with Crippen molar-refractivity contribution in [3.05, 3.63) is 23.8 Å². The van der Waals surface area contributed by atoms with Gasteiger partial charge in [0.1, 0.15) is 0 Å². The highest BCUT2D eigenvalue weighted by molar-refractivity contribution is 5.73. The van der Waals surface area contributed by atoms with Gasteiger partial charge in [-0.05, 0) is 44.1 Å². The number of carbonyl (C=O) groups excluding carboxylic acids is 1. The number of benzene rings is 1. The molecule has 7 heteroatoms. The summed E-state index contributed by atoms with van der Waals surface area (Å²) < 4.78 is 10.6. The Hall–Kier alpha value is -1.99. The average molecular weight is 348 g/mol. The molecule has 2 heterocycles. The zero-order valence-electron chi connectivity index (χ0n) is 14.9. The summed E-state index contributed by atoms with van der Waals surface area (Å²) in [6.45, 7) is 7.18. The molecule has 1 fully saturated rings. The maximum absolute atomic E-state index is 11.9. The van der Waals surface area contributed by atoms with Crippen molar-refractivity contribution in [3.8, 4) is 11.5 Å². The number of rotatable bonds is 7. The number of carbonyl (C=O) groups is 1. The van der Waals surface area contributed by atoms with Crippen LogP contribution in [-0.2, 0) is 6.54 Å². The quantitative estimate of drug-likeness (QED) is 0.726. The van der Waals surface area contributed by atoms with Gasteiger partial charge in [0.05, 0.1) is 0 Å². The molecule has 2 aliphatic rings. The van der Waals surface area contributed by atoms with Crippen LogP contribution in [-0.4, -0.2) is 68.9 Å². The highest BCUT2D eigenvalue weighted by Crippen LogP contribution is 2.32. The number of piperazine rings is 1. The Morgan fingerprint density at radius 3 is 2.72 bits per heavy atom. The molecule has 0 saturated carbocycles. The monoisotopic (exact) mass is 348 g/mol. The molecule has 7 nitrogen and oxygen atoms in total. The molecule has 0 atom stereocenters. The summed E-state index contributed by atoms with van der Waals surface area (Å²) in [5, 5.41) is 5.79. The third-order valence-electron chi connectivity index (χ3n) is 4.67. The van der Waals surface area contributed by atoms with E-state index in [0.717, 1.165) is 62.6 Å². The lowest BCUT2D eigenvalue weighted by Gasteiger charge is -2.32. The lowest BCUT2D eigenvalue weighted by molar-refractivity contribution is 0.152. The van der Waals surface area contributed by atoms with Crippen LogP contribution < -0.4 is 20.1 Å². The fourth-order valence-electron chi connectivity index (χ4n) is 3.03. The maximum Gasteiger partial charge on any atom is 0.315 e. The molecule has 0 aromatic heterocycles. The van der Waals surface area contributed by atoms with Crippen LogP contribution in [0.1, 0.15) is 18.4 Å². The van der Waals surface area contributed by atoms with Crippen LogP contribution in [0.2, 0.25) is 0 Å². The van der Waals surface area contributed by atoms with Crippen molar-refractivity contribution in [1.82, 2.24) is 20.4 Å². The first-order valence-electron chi connectivity index (χ1n) is 9.02. The van der Waals surface area contributed by atoms with Crippen LogP contribution >= 0.6 is 0 Å². The van der Waals surface area contributed by atoms with Gasteiger partial charge in [-0.1, -0.05) is 6.07 Å². The van der Waals surface area contributed by atoms with E-state index in [1.165, 1.54) is 0 Å². The van der Waals surface area contributed by atoms with Gasteiger partial charge in [0.15, 0.2) is 11.5 Å². The predicted octanol–water partition coefficient (Wildman–Crippen LogP) is 1.24. The van der Waals surface area contributed by atoms with Gasteiger partial charge in [-0.15, -0.1) is 0 Å². The minimum absolute atomic E-state index is 0.128. The fraction of sp³-hybridized carbons (Fsp3) is 0.611. The van der Waals surface area contributed by atoms with E-state index >= 15 is 0 Å². The SMILES string of the molecule is CN1CCN(CCCCNC(=O)NCc2ccc3c(c2)OCO3)CC1. The highest BCUT2D eigenvalue weighted by Gasteiger charge is 2.14. The average Bonchev–Trinajstić information content (AvgIpc) is 3.09. The van der Waals surface area contributed by atoms with E-state index in [2.05, 4.69) is 27.5 Å². The van der Waals surface area contributed by atoms with Gasteiger partial charge in [-0.2, -0.15) is 0 Å². The molecular weight excluding hydrogens is 320 g/mol.